The van der Waals surface area contributed by atoms with E-state index in [0.29, 0.717) is 5.41 Å². The molecule has 1 fully saturated rings. The van der Waals surface area contributed by atoms with Gasteiger partial charge in [-0.1, -0.05) is 46.5 Å². The summed E-state index contributed by atoms with van der Waals surface area (Å²) in [7, 11) is -0.933. The van der Waals surface area contributed by atoms with Gasteiger partial charge in [0.15, 0.2) is 0 Å². The second kappa shape index (κ2) is 5.22. The summed E-state index contributed by atoms with van der Waals surface area (Å²) in [4.78, 5) is 0. The summed E-state index contributed by atoms with van der Waals surface area (Å²) < 4.78 is 0. The zero-order chi connectivity index (χ0) is 12.4. The first-order valence-electron chi connectivity index (χ1n) is 6.94. The second-order valence-corrected chi connectivity index (χ2v) is 13.2. The van der Waals surface area contributed by atoms with E-state index in [9.17, 15) is 0 Å². The molecule has 16 heavy (non-hydrogen) atoms. The quantitative estimate of drug-likeness (QED) is 0.665. The van der Waals surface area contributed by atoms with Crippen LogP contribution in [0.1, 0.15) is 33.6 Å². The standard InChI is InChI=1S/C14H31NSi/c1-12(2)9-15-10-14(3,13-7-8-13)11-16(4,5)6/h12-13,15H,7-11H2,1-6H3. The summed E-state index contributed by atoms with van der Waals surface area (Å²) in [6, 6.07) is 1.48. The van der Waals surface area contributed by atoms with Crippen molar-refractivity contribution in [1.82, 2.24) is 5.32 Å². The van der Waals surface area contributed by atoms with Gasteiger partial charge in [0.2, 0.25) is 0 Å². The molecule has 0 amide bonds. The highest BCUT2D eigenvalue weighted by Gasteiger charge is 2.43. The Morgan fingerprint density at radius 1 is 1.25 bits per heavy atom. The topological polar surface area (TPSA) is 12.0 Å². The predicted octanol–water partition coefficient (Wildman–Crippen LogP) is 3.99. The highest BCUT2D eigenvalue weighted by molar-refractivity contribution is 6.76. The Bertz CT molecular complexity index is 215. The van der Waals surface area contributed by atoms with Gasteiger partial charge in [-0.05, 0) is 36.6 Å². The smallest absolute Gasteiger partial charge is 0.0448 e. The molecular formula is C14H31NSi. The molecule has 1 rings (SSSR count). The molecule has 1 N–H and O–H groups in total. The Labute approximate surface area is 103 Å². The average molecular weight is 241 g/mol. The molecule has 0 aromatic rings. The number of nitrogens with one attached hydrogen (secondary N) is 1. The molecule has 0 aromatic carbocycles. The monoisotopic (exact) mass is 241 g/mol. The SMILES string of the molecule is CC(C)CNCC(C)(C[Si](C)(C)C)C1CC1. The van der Waals surface area contributed by atoms with Crippen molar-refractivity contribution in [3.8, 4) is 0 Å². The van der Waals surface area contributed by atoms with Crippen LogP contribution in [0, 0.1) is 17.3 Å². The Balaban J connectivity index is 2.45. The molecule has 1 aliphatic carbocycles. The van der Waals surface area contributed by atoms with E-state index in [1.807, 2.05) is 0 Å². The maximum atomic E-state index is 3.69. The van der Waals surface area contributed by atoms with E-state index in [2.05, 4.69) is 45.7 Å². The van der Waals surface area contributed by atoms with Crippen molar-refractivity contribution in [2.75, 3.05) is 13.1 Å². The van der Waals surface area contributed by atoms with Crippen LogP contribution in [0.5, 0.6) is 0 Å². The molecule has 1 unspecified atom stereocenters. The van der Waals surface area contributed by atoms with Crippen molar-refractivity contribution in [3.05, 3.63) is 0 Å². The van der Waals surface area contributed by atoms with Crippen LogP contribution in [0.25, 0.3) is 0 Å². The second-order valence-electron chi connectivity index (χ2n) is 7.69. The molecule has 0 heterocycles. The molecule has 96 valence electrons. The third-order valence-corrected chi connectivity index (χ3v) is 5.45. The van der Waals surface area contributed by atoms with E-state index < -0.39 is 8.07 Å². The minimum Gasteiger partial charge on any atom is -0.316 e. The van der Waals surface area contributed by atoms with Crippen molar-refractivity contribution in [3.63, 3.8) is 0 Å². The van der Waals surface area contributed by atoms with Crippen LogP contribution in [0.2, 0.25) is 25.7 Å². The maximum absolute atomic E-state index is 3.69. The third-order valence-electron chi connectivity index (χ3n) is 3.58. The number of hydrogen-bond acceptors (Lipinski definition) is 1. The van der Waals surface area contributed by atoms with Crippen LogP contribution in [0.3, 0.4) is 0 Å². The molecule has 0 saturated heterocycles. The molecule has 0 bridgehead atoms. The van der Waals surface area contributed by atoms with Crippen LogP contribution in [-0.4, -0.2) is 21.2 Å². The van der Waals surface area contributed by atoms with Gasteiger partial charge in [0, 0.05) is 14.6 Å². The molecule has 0 spiro atoms. The zero-order valence-electron chi connectivity index (χ0n) is 12.2. The fourth-order valence-electron chi connectivity index (χ4n) is 2.99. The first-order valence-corrected chi connectivity index (χ1v) is 10.6. The normalized spacial score (nSPS) is 21.2. The van der Waals surface area contributed by atoms with Gasteiger partial charge in [-0.15, -0.1) is 0 Å². The van der Waals surface area contributed by atoms with Crippen LogP contribution in [0.4, 0.5) is 0 Å². The van der Waals surface area contributed by atoms with Crippen molar-refractivity contribution < 1.29 is 0 Å². The summed E-state index contributed by atoms with van der Waals surface area (Å²) in [5.74, 6) is 1.79. The molecule has 0 aromatic heterocycles. The van der Waals surface area contributed by atoms with Gasteiger partial charge >= 0.3 is 0 Å². The van der Waals surface area contributed by atoms with Crippen molar-refractivity contribution in [2.45, 2.75) is 59.3 Å². The van der Waals surface area contributed by atoms with Crippen molar-refractivity contribution in [1.29, 1.82) is 0 Å². The summed E-state index contributed by atoms with van der Waals surface area (Å²) >= 11 is 0. The summed E-state index contributed by atoms with van der Waals surface area (Å²) in [6.07, 6.45) is 2.95. The van der Waals surface area contributed by atoms with E-state index in [1.54, 1.807) is 0 Å². The van der Waals surface area contributed by atoms with E-state index in [4.69, 9.17) is 0 Å². The van der Waals surface area contributed by atoms with Crippen LogP contribution >= 0.6 is 0 Å². The zero-order valence-corrected chi connectivity index (χ0v) is 13.2. The number of hydrogen-bond donors (Lipinski definition) is 1. The fourth-order valence-corrected chi connectivity index (χ4v) is 5.83. The Morgan fingerprint density at radius 2 is 1.81 bits per heavy atom. The van der Waals surface area contributed by atoms with Gasteiger partial charge < -0.3 is 5.32 Å². The average Bonchev–Trinajstić information content (AvgIpc) is 2.80. The minimum atomic E-state index is -0.933. The lowest BCUT2D eigenvalue weighted by Crippen LogP contribution is -2.40. The minimum absolute atomic E-state index is 0.583. The van der Waals surface area contributed by atoms with Gasteiger partial charge in [-0.3, -0.25) is 0 Å². The van der Waals surface area contributed by atoms with E-state index in [1.165, 1.54) is 32.0 Å². The molecule has 1 saturated carbocycles. The first-order chi connectivity index (χ1) is 7.23. The molecule has 0 radical (unpaired) electrons. The molecule has 0 aliphatic heterocycles. The highest BCUT2D eigenvalue weighted by atomic mass is 28.3. The van der Waals surface area contributed by atoms with E-state index in [-0.39, 0.29) is 0 Å². The van der Waals surface area contributed by atoms with E-state index in [0.717, 1.165) is 11.8 Å². The molecule has 1 nitrogen and oxygen atoms in total. The summed E-state index contributed by atoms with van der Waals surface area (Å²) in [5, 5.41) is 3.69. The van der Waals surface area contributed by atoms with Crippen molar-refractivity contribution >= 4 is 8.07 Å². The molecule has 2 heteroatoms. The van der Waals surface area contributed by atoms with Gasteiger partial charge in [0.1, 0.15) is 0 Å². The predicted molar refractivity (Wildman–Crippen MR) is 76.7 cm³/mol. The Kier molecular flexibility index (Phi) is 4.64. The van der Waals surface area contributed by atoms with Crippen LogP contribution in [0.15, 0.2) is 0 Å². The molecule has 1 aliphatic rings. The molecule has 1 atom stereocenters. The Hall–Kier alpha value is 0.177. The fraction of sp³-hybridized carbons (Fsp3) is 1.00. The van der Waals surface area contributed by atoms with Gasteiger partial charge in [-0.2, -0.15) is 0 Å². The van der Waals surface area contributed by atoms with Crippen molar-refractivity contribution in [2.24, 2.45) is 17.3 Å². The van der Waals surface area contributed by atoms with Gasteiger partial charge in [0.05, 0.1) is 0 Å². The van der Waals surface area contributed by atoms with Crippen LogP contribution < -0.4 is 5.32 Å². The summed E-state index contributed by atoms with van der Waals surface area (Å²) in [5.41, 5.74) is 0.583. The lowest BCUT2D eigenvalue weighted by molar-refractivity contribution is 0.283. The van der Waals surface area contributed by atoms with Crippen LogP contribution in [-0.2, 0) is 0 Å². The van der Waals surface area contributed by atoms with E-state index >= 15 is 0 Å². The molecular weight excluding hydrogens is 210 g/mol. The van der Waals surface area contributed by atoms with Gasteiger partial charge in [-0.25, -0.2) is 0 Å². The number of rotatable bonds is 7. The highest BCUT2D eigenvalue weighted by Crippen LogP contribution is 2.49. The third kappa shape index (κ3) is 5.01. The van der Waals surface area contributed by atoms with Gasteiger partial charge in [0.25, 0.3) is 0 Å². The lowest BCUT2D eigenvalue weighted by Gasteiger charge is -2.36. The first kappa shape index (κ1) is 14.2. The Morgan fingerprint density at radius 3 is 2.19 bits per heavy atom. The summed E-state index contributed by atoms with van der Waals surface area (Å²) in [6.45, 7) is 17.0. The largest absolute Gasteiger partial charge is 0.316 e. The maximum Gasteiger partial charge on any atom is 0.0448 e. The lowest BCUT2D eigenvalue weighted by atomic mass is 9.87.